The molecule has 0 radical (unpaired) electrons. The second-order valence-corrected chi connectivity index (χ2v) is 9.31. The maximum absolute atomic E-state index is 14.0. The summed E-state index contributed by atoms with van der Waals surface area (Å²) < 4.78 is 14.0. The van der Waals surface area contributed by atoms with Crippen LogP contribution in [-0.2, 0) is 0 Å². The van der Waals surface area contributed by atoms with Crippen molar-refractivity contribution >= 4 is 40.0 Å². The van der Waals surface area contributed by atoms with E-state index in [0.29, 0.717) is 33.7 Å². The van der Waals surface area contributed by atoms with Gasteiger partial charge in [-0.25, -0.2) is 9.37 Å². The Morgan fingerprint density at radius 3 is 2.63 bits per heavy atom. The molecule has 0 saturated carbocycles. The molecule has 4 aromatic rings. The van der Waals surface area contributed by atoms with Crippen molar-refractivity contribution in [1.29, 1.82) is 0 Å². The minimum atomic E-state index is -0.576. The van der Waals surface area contributed by atoms with E-state index >= 15 is 0 Å². The topological polar surface area (TPSA) is 77.1 Å². The fourth-order valence-electron chi connectivity index (χ4n) is 4.57. The first-order valence-corrected chi connectivity index (χ1v) is 11.8. The largest absolute Gasteiger partial charge is 0.369 e. The first kappa shape index (κ1) is 23.3. The van der Waals surface area contributed by atoms with Gasteiger partial charge in [0.2, 0.25) is 5.95 Å². The third-order valence-corrected chi connectivity index (χ3v) is 6.93. The van der Waals surface area contributed by atoms with E-state index in [1.165, 1.54) is 23.4 Å². The molecule has 7 nitrogen and oxygen atoms in total. The van der Waals surface area contributed by atoms with E-state index in [-0.39, 0.29) is 10.6 Å². The van der Waals surface area contributed by atoms with Crippen LogP contribution in [0.3, 0.4) is 0 Å². The SMILES string of the molecule is Cc1cc(Nc2ncc3c(C)c(-c4cccc(F)c4Cl)c(=O)[nH]c3n2)ccc1N1CCN(C)CC1. The number of aromatic nitrogens is 3. The monoisotopic (exact) mass is 492 g/mol. The summed E-state index contributed by atoms with van der Waals surface area (Å²) in [6, 6.07) is 10.6. The molecule has 0 spiro atoms. The molecule has 0 amide bonds. The second-order valence-electron chi connectivity index (χ2n) is 8.93. The number of anilines is 3. The van der Waals surface area contributed by atoms with Crippen molar-refractivity contribution < 1.29 is 4.39 Å². The molecule has 35 heavy (non-hydrogen) atoms. The number of aromatic amines is 1. The second kappa shape index (κ2) is 9.28. The highest BCUT2D eigenvalue weighted by molar-refractivity contribution is 6.33. The number of hydrogen-bond donors (Lipinski definition) is 2. The van der Waals surface area contributed by atoms with Crippen molar-refractivity contribution in [2.45, 2.75) is 13.8 Å². The van der Waals surface area contributed by atoms with Crippen LogP contribution in [-0.4, -0.2) is 53.1 Å². The van der Waals surface area contributed by atoms with Gasteiger partial charge in [-0.3, -0.25) is 4.79 Å². The predicted octanol–water partition coefficient (Wildman–Crippen LogP) is 4.89. The molecule has 2 N–H and O–H groups in total. The number of hydrogen-bond acceptors (Lipinski definition) is 6. The highest BCUT2D eigenvalue weighted by atomic mass is 35.5. The van der Waals surface area contributed by atoms with Crippen molar-refractivity contribution in [3.8, 4) is 11.1 Å². The van der Waals surface area contributed by atoms with E-state index in [2.05, 4.69) is 56.2 Å². The molecule has 3 heterocycles. The fourth-order valence-corrected chi connectivity index (χ4v) is 4.79. The third kappa shape index (κ3) is 4.47. The molecule has 2 aromatic heterocycles. The van der Waals surface area contributed by atoms with Crippen LogP contribution in [0.5, 0.6) is 0 Å². The van der Waals surface area contributed by atoms with Crippen molar-refractivity contribution in [1.82, 2.24) is 19.9 Å². The van der Waals surface area contributed by atoms with Gasteiger partial charge >= 0.3 is 0 Å². The minimum Gasteiger partial charge on any atom is -0.369 e. The Morgan fingerprint density at radius 2 is 1.89 bits per heavy atom. The maximum atomic E-state index is 14.0. The van der Waals surface area contributed by atoms with Gasteiger partial charge in [0.05, 0.1) is 10.6 Å². The molecule has 0 unspecified atom stereocenters. The summed E-state index contributed by atoms with van der Waals surface area (Å²) in [5.74, 6) is -0.205. The summed E-state index contributed by atoms with van der Waals surface area (Å²) in [6.45, 7) is 8.00. The number of nitrogens with one attached hydrogen (secondary N) is 2. The summed E-state index contributed by atoms with van der Waals surface area (Å²) in [5.41, 5.74) is 4.54. The van der Waals surface area contributed by atoms with Gasteiger partial charge in [-0.15, -0.1) is 0 Å². The molecule has 1 fully saturated rings. The van der Waals surface area contributed by atoms with E-state index in [0.717, 1.165) is 31.9 Å². The molecule has 0 atom stereocenters. The van der Waals surface area contributed by atoms with Crippen LogP contribution < -0.4 is 15.8 Å². The number of benzene rings is 2. The Balaban J connectivity index is 1.44. The molecule has 180 valence electrons. The number of aryl methyl sites for hydroxylation is 2. The predicted molar refractivity (Wildman–Crippen MR) is 139 cm³/mol. The van der Waals surface area contributed by atoms with Gasteiger partial charge in [0.15, 0.2) is 0 Å². The van der Waals surface area contributed by atoms with Crippen LogP contribution in [0.1, 0.15) is 11.1 Å². The summed E-state index contributed by atoms with van der Waals surface area (Å²) >= 11 is 6.14. The van der Waals surface area contributed by atoms with E-state index in [1.54, 1.807) is 19.2 Å². The van der Waals surface area contributed by atoms with Gasteiger partial charge in [0.25, 0.3) is 5.56 Å². The molecule has 9 heteroatoms. The maximum Gasteiger partial charge on any atom is 0.257 e. The van der Waals surface area contributed by atoms with Gasteiger partial charge in [-0.2, -0.15) is 4.98 Å². The van der Waals surface area contributed by atoms with Crippen LogP contribution in [0.15, 0.2) is 47.4 Å². The average Bonchev–Trinajstić information content (AvgIpc) is 2.82. The number of likely N-dealkylation sites (N-methyl/N-ethyl adjacent to an activating group) is 1. The molecule has 0 bridgehead atoms. The van der Waals surface area contributed by atoms with Crippen LogP contribution >= 0.6 is 11.6 Å². The zero-order chi connectivity index (χ0) is 24.7. The Bertz CT molecular complexity index is 1480. The van der Waals surface area contributed by atoms with E-state index in [1.807, 2.05) is 6.07 Å². The lowest BCUT2D eigenvalue weighted by molar-refractivity contribution is 0.312. The lowest BCUT2D eigenvalue weighted by Crippen LogP contribution is -2.44. The van der Waals surface area contributed by atoms with Gasteiger partial charge in [0, 0.05) is 54.7 Å². The van der Waals surface area contributed by atoms with Crippen molar-refractivity contribution in [2.24, 2.45) is 0 Å². The number of pyridine rings is 1. The molecular weight excluding hydrogens is 467 g/mol. The minimum absolute atomic E-state index is 0.0879. The Morgan fingerprint density at radius 1 is 1.11 bits per heavy atom. The lowest BCUT2D eigenvalue weighted by atomic mass is 10.00. The van der Waals surface area contributed by atoms with Crippen LogP contribution in [0, 0.1) is 19.7 Å². The van der Waals surface area contributed by atoms with Gasteiger partial charge in [0.1, 0.15) is 11.5 Å². The number of fused-ring (bicyclic) bond motifs is 1. The number of nitrogens with zero attached hydrogens (tertiary/aromatic N) is 4. The van der Waals surface area contributed by atoms with Gasteiger partial charge < -0.3 is 20.1 Å². The summed E-state index contributed by atoms with van der Waals surface area (Å²) in [4.78, 5) is 29.4. The number of piperazine rings is 1. The highest BCUT2D eigenvalue weighted by Crippen LogP contribution is 2.32. The molecule has 5 rings (SSSR count). The van der Waals surface area contributed by atoms with Crippen molar-refractivity contribution in [3.63, 3.8) is 0 Å². The Labute approximate surface area is 207 Å². The summed E-state index contributed by atoms with van der Waals surface area (Å²) in [5, 5.41) is 3.81. The zero-order valence-corrected chi connectivity index (χ0v) is 20.6. The molecule has 1 saturated heterocycles. The first-order valence-electron chi connectivity index (χ1n) is 11.5. The van der Waals surface area contributed by atoms with Crippen molar-refractivity contribution in [2.75, 3.05) is 43.4 Å². The quantitative estimate of drug-likeness (QED) is 0.422. The molecule has 0 aliphatic carbocycles. The highest BCUT2D eigenvalue weighted by Gasteiger charge is 2.18. The molecule has 1 aliphatic heterocycles. The number of H-pyrrole nitrogens is 1. The van der Waals surface area contributed by atoms with Gasteiger partial charge in [-0.05, 0) is 56.3 Å². The van der Waals surface area contributed by atoms with Crippen molar-refractivity contribution in [3.05, 3.63) is 74.9 Å². The third-order valence-electron chi connectivity index (χ3n) is 6.54. The summed E-state index contributed by atoms with van der Waals surface area (Å²) in [7, 11) is 2.15. The first-order chi connectivity index (χ1) is 16.8. The van der Waals surface area contributed by atoms with Crippen LogP contribution in [0.4, 0.5) is 21.7 Å². The normalized spacial score (nSPS) is 14.5. The number of halogens is 2. The van der Waals surface area contributed by atoms with Gasteiger partial charge in [-0.1, -0.05) is 23.7 Å². The molecule has 2 aromatic carbocycles. The molecular formula is C26H26ClFN6O. The summed E-state index contributed by atoms with van der Waals surface area (Å²) in [6.07, 6.45) is 1.65. The number of rotatable bonds is 4. The zero-order valence-electron chi connectivity index (χ0n) is 19.8. The van der Waals surface area contributed by atoms with E-state index in [9.17, 15) is 9.18 Å². The van der Waals surface area contributed by atoms with Crippen LogP contribution in [0.25, 0.3) is 22.2 Å². The molecule has 1 aliphatic rings. The van der Waals surface area contributed by atoms with E-state index in [4.69, 9.17) is 11.6 Å². The average molecular weight is 493 g/mol. The Hall–Kier alpha value is -3.49. The Kier molecular flexibility index (Phi) is 6.17. The fraction of sp³-hybridized carbons (Fsp3) is 0.269. The van der Waals surface area contributed by atoms with E-state index < -0.39 is 5.82 Å². The standard InChI is InChI=1S/C26H26ClFN6O/c1-15-13-17(7-8-21(15)34-11-9-33(3)10-12-34)30-26-29-14-19-16(2)22(25(35)31-24(19)32-26)18-5-4-6-20(28)23(18)27/h4-8,13-14H,9-12H2,1-3H3,(H2,29,30,31,32,35). The van der Waals surface area contributed by atoms with Crippen LogP contribution in [0.2, 0.25) is 5.02 Å². The lowest BCUT2D eigenvalue weighted by Gasteiger charge is -2.35. The smallest absolute Gasteiger partial charge is 0.257 e.